The Kier molecular flexibility index (Phi) is 4.02. The topological polar surface area (TPSA) is 63.9 Å². The van der Waals surface area contributed by atoms with Gasteiger partial charge in [-0.2, -0.15) is 0 Å². The summed E-state index contributed by atoms with van der Waals surface area (Å²) in [6.45, 7) is 3.59. The third-order valence-electron chi connectivity index (χ3n) is 3.73. The second-order valence-electron chi connectivity index (χ2n) is 5.41. The van der Waals surface area contributed by atoms with Crippen molar-refractivity contribution in [2.24, 2.45) is 0 Å². The first-order chi connectivity index (χ1) is 8.55. The molecule has 4 nitrogen and oxygen atoms in total. The number of hydrogen-bond donors (Lipinski definition) is 3. The first kappa shape index (κ1) is 13.5. The van der Waals surface area contributed by atoms with Crippen LogP contribution in [0.15, 0.2) is 30.3 Å². The van der Waals surface area contributed by atoms with Gasteiger partial charge in [0.1, 0.15) is 0 Å². The van der Waals surface area contributed by atoms with E-state index in [4.69, 9.17) is 0 Å². The summed E-state index contributed by atoms with van der Waals surface area (Å²) in [6.07, 6.45) is -1.35. The molecule has 3 N–H and O–H groups in total. The van der Waals surface area contributed by atoms with E-state index in [0.717, 1.165) is 5.56 Å². The third-order valence-corrected chi connectivity index (χ3v) is 3.73. The number of aliphatic hydroxyl groups is 3. The Hall–Kier alpha value is -0.940. The van der Waals surface area contributed by atoms with Gasteiger partial charge >= 0.3 is 0 Å². The van der Waals surface area contributed by atoms with Gasteiger partial charge in [-0.3, -0.25) is 4.90 Å². The highest BCUT2D eigenvalue weighted by atomic mass is 16.3. The predicted molar refractivity (Wildman–Crippen MR) is 69.3 cm³/mol. The average molecular weight is 251 g/mol. The molecule has 0 saturated carbocycles. The van der Waals surface area contributed by atoms with Gasteiger partial charge in [0.15, 0.2) is 0 Å². The molecule has 18 heavy (non-hydrogen) atoms. The van der Waals surface area contributed by atoms with E-state index in [1.165, 1.54) is 0 Å². The molecule has 2 rings (SSSR count). The zero-order chi connectivity index (χ0) is 13.2. The van der Waals surface area contributed by atoms with Crippen LogP contribution < -0.4 is 0 Å². The molecule has 0 aliphatic carbocycles. The van der Waals surface area contributed by atoms with Crippen molar-refractivity contribution >= 4 is 0 Å². The van der Waals surface area contributed by atoms with Crippen molar-refractivity contribution in [1.29, 1.82) is 0 Å². The average Bonchev–Trinajstić information content (AvgIpc) is 2.69. The van der Waals surface area contributed by atoms with Gasteiger partial charge in [0.05, 0.1) is 18.8 Å². The summed E-state index contributed by atoms with van der Waals surface area (Å²) in [4.78, 5) is 2.00. The van der Waals surface area contributed by atoms with Gasteiger partial charge in [0.2, 0.25) is 0 Å². The highest BCUT2D eigenvalue weighted by molar-refractivity contribution is 5.25. The maximum absolute atomic E-state index is 9.68. The highest BCUT2D eigenvalue weighted by Crippen LogP contribution is 2.26. The van der Waals surface area contributed by atoms with Crippen LogP contribution in [0, 0.1) is 0 Å². The van der Waals surface area contributed by atoms with Gasteiger partial charge in [-0.25, -0.2) is 0 Å². The molecular weight excluding hydrogens is 230 g/mol. The molecule has 0 spiro atoms. The summed E-state index contributed by atoms with van der Waals surface area (Å²) >= 11 is 0. The molecule has 0 amide bonds. The van der Waals surface area contributed by atoms with Crippen molar-refractivity contribution < 1.29 is 15.3 Å². The fraction of sp³-hybridized carbons (Fsp3) is 0.571. The fourth-order valence-electron chi connectivity index (χ4n) is 2.54. The van der Waals surface area contributed by atoms with Gasteiger partial charge in [-0.15, -0.1) is 0 Å². The monoisotopic (exact) mass is 251 g/mol. The van der Waals surface area contributed by atoms with E-state index in [9.17, 15) is 15.3 Å². The summed E-state index contributed by atoms with van der Waals surface area (Å²) < 4.78 is 0. The van der Waals surface area contributed by atoms with Gasteiger partial charge in [0, 0.05) is 25.0 Å². The Balaban J connectivity index is 2.10. The quantitative estimate of drug-likeness (QED) is 0.703. The Labute approximate surface area is 107 Å². The number of aliphatic hydroxyl groups excluding tert-OH is 3. The lowest BCUT2D eigenvalue weighted by atomic mass is 9.83. The number of hydrogen-bond acceptors (Lipinski definition) is 4. The van der Waals surface area contributed by atoms with Crippen molar-refractivity contribution in [3.63, 3.8) is 0 Å². The minimum Gasteiger partial charge on any atom is -0.395 e. The molecule has 1 aromatic carbocycles. The molecule has 0 bridgehead atoms. The minimum atomic E-state index is -0.677. The molecule has 4 heteroatoms. The molecule has 1 fully saturated rings. The predicted octanol–water partition coefficient (Wildman–Crippen LogP) is -0.0260. The van der Waals surface area contributed by atoms with Crippen molar-refractivity contribution in [2.45, 2.75) is 24.5 Å². The van der Waals surface area contributed by atoms with E-state index < -0.39 is 12.2 Å². The van der Waals surface area contributed by atoms with Crippen LogP contribution in [-0.4, -0.2) is 58.7 Å². The maximum Gasteiger partial charge on any atom is 0.0938 e. The Morgan fingerprint density at radius 2 is 1.72 bits per heavy atom. The highest BCUT2D eigenvalue weighted by Gasteiger charge is 2.35. The SMILES string of the molecule is CC(CO)(CN1CC(O)C(O)C1)c1ccccc1. The van der Waals surface area contributed by atoms with Gasteiger partial charge in [0.25, 0.3) is 0 Å². The number of benzene rings is 1. The minimum absolute atomic E-state index is 0.0414. The molecule has 3 unspecified atom stereocenters. The largest absolute Gasteiger partial charge is 0.395 e. The Morgan fingerprint density at radius 1 is 1.17 bits per heavy atom. The number of likely N-dealkylation sites (tertiary alicyclic amines) is 1. The van der Waals surface area contributed by atoms with Crippen molar-refractivity contribution in [3.05, 3.63) is 35.9 Å². The Bertz CT molecular complexity index is 374. The fourth-order valence-corrected chi connectivity index (χ4v) is 2.54. The van der Waals surface area contributed by atoms with Crippen molar-refractivity contribution in [3.8, 4) is 0 Å². The lowest BCUT2D eigenvalue weighted by Crippen LogP contribution is -2.41. The van der Waals surface area contributed by atoms with E-state index in [-0.39, 0.29) is 12.0 Å². The van der Waals surface area contributed by atoms with E-state index in [1.807, 2.05) is 42.2 Å². The van der Waals surface area contributed by atoms with Crippen LogP contribution in [0.2, 0.25) is 0 Å². The van der Waals surface area contributed by atoms with E-state index >= 15 is 0 Å². The van der Waals surface area contributed by atoms with Crippen LogP contribution in [-0.2, 0) is 5.41 Å². The molecule has 0 radical (unpaired) electrons. The molecule has 1 aliphatic rings. The molecule has 1 heterocycles. The molecular formula is C14H21NO3. The van der Waals surface area contributed by atoms with Gasteiger partial charge in [-0.1, -0.05) is 37.3 Å². The van der Waals surface area contributed by atoms with Crippen LogP contribution in [0.4, 0.5) is 0 Å². The van der Waals surface area contributed by atoms with E-state index in [1.54, 1.807) is 0 Å². The molecule has 100 valence electrons. The summed E-state index contributed by atoms with van der Waals surface area (Å²) in [5.74, 6) is 0. The number of β-amino-alcohol motifs (C(OH)–C–C–N with tert-alkyl or cyclic N) is 2. The standard InChI is InChI=1S/C14H21NO3/c1-14(10-16,11-5-3-2-4-6-11)9-15-7-12(17)13(18)8-15/h2-6,12-13,16-18H,7-10H2,1H3. The van der Waals surface area contributed by atoms with Crippen molar-refractivity contribution in [1.82, 2.24) is 4.90 Å². The normalized spacial score (nSPS) is 28.2. The second kappa shape index (κ2) is 5.36. The molecule has 0 aromatic heterocycles. The molecule has 1 aliphatic heterocycles. The van der Waals surface area contributed by atoms with Crippen molar-refractivity contribution in [2.75, 3.05) is 26.2 Å². The van der Waals surface area contributed by atoms with Crippen LogP contribution >= 0.6 is 0 Å². The number of nitrogens with zero attached hydrogens (tertiary/aromatic N) is 1. The zero-order valence-corrected chi connectivity index (χ0v) is 10.7. The van der Waals surface area contributed by atoms with Gasteiger partial charge < -0.3 is 15.3 Å². The first-order valence-corrected chi connectivity index (χ1v) is 6.30. The van der Waals surface area contributed by atoms with E-state index in [0.29, 0.717) is 19.6 Å². The summed E-state index contributed by atoms with van der Waals surface area (Å²) in [5, 5.41) is 28.8. The first-order valence-electron chi connectivity index (χ1n) is 6.30. The van der Waals surface area contributed by atoms with Crippen LogP contribution in [0.25, 0.3) is 0 Å². The summed E-state index contributed by atoms with van der Waals surface area (Å²) in [6, 6.07) is 9.86. The molecule has 3 atom stereocenters. The summed E-state index contributed by atoms with van der Waals surface area (Å²) in [5.41, 5.74) is 0.703. The van der Waals surface area contributed by atoms with Gasteiger partial charge in [-0.05, 0) is 5.56 Å². The zero-order valence-electron chi connectivity index (χ0n) is 10.7. The smallest absolute Gasteiger partial charge is 0.0938 e. The molecule has 1 aromatic rings. The molecule has 1 saturated heterocycles. The number of rotatable bonds is 4. The Morgan fingerprint density at radius 3 is 2.22 bits per heavy atom. The van der Waals surface area contributed by atoms with Crippen LogP contribution in [0.5, 0.6) is 0 Å². The summed E-state index contributed by atoms with van der Waals surface area (Å²) in [7, 11) is 0. The van der Waals surface area contributed by atoms with Crippen LogP contribution in [0.3, 0.4) is 0 Å². The van der Waals surface area contributed by atoms with E-state index in [2.05, 4.69) is 0 Å². The lowest BCUT2D eigenvalue weighted by molar-refractivity contribution is 0.0572. The second-order valence-corrected chi connectivity index (χ2v) is 5.41. The van der Waals surface area contributed by atoms with Crippen LogP contribution in [0.1, 0.15) is 12.5 Å². The third kappa shape index (κ3) is 2.72. The maximum atomic E-state index is 9.68. The lowest BCUT2D eigenvalue weighted by Gasteiger charge is -2.32.